The molecule has 324 valence electrons. The molecule has 0 aliphatic heterocycles. The average Bonchev–Trinajstić information content (AvgIpc) is 3.26. The van der Waals surface area contributed by atoms with Crippen LogP contribution >= 0.6 is 0 Å². The van der Waals surface area contributed by atoms with Crippen LogP contribution in [0.5, 0.6) is 0 Å². The van der Waals surface area contributed by atoms with Gasteiger partial charge in [0.1, 0.15) is 12.2 Å². The van der Waals surface area contributed by atoms with Gasteiger partial charge in [0, 0.05) is 6.42 Å². The standard InChI is InChI=1S/C45H66O13/c1-2-12-44(46)57-39-37-55-35-33-53-31-29-51-27-25-49-23-21-47-19-20-48-22-24-50-26-28-52-30-32-54-34-36-56-38-40-58-45(41-13-6-3-7-14-41,42-15-8-4-9-16-42)43-17-10-5-11-18-43/h3-11,13-18H,2,12,19-40H2,1H3. The average molecular weight is 815 g/mol. The monoisotopic (exact) mass is 814 g/mol. The van der Waals surface area contributed by atoms with Gasteiger partial charge in [0.05, 0.1) is 139 Å². The van der Waals surface area contributed by atoms with E-state index in [1.54, 1.807) is 0 Å². The predicted octanol–water partition coefficient (Wildman–Crippen LogP) is 5.50. The lowest BCUT2D eigenvalue weighted by Crippen LogP contribution is -2.34. The molecule has 3 aromatic carbocycles. The van der Waals surface area contributed by atoms with E-state index < -0.39 is 5.60 Å². The molecule has 0 saturated heterocycles. The second kappa shape index (κ2) is 34.5. The van der Waals surface area contributed by atoms with Crippen LogP contribution in [0.15, 0.2) is 91.0 Å². The lowest BCUT2D eigenvalue weighted by molar-refractivity contribution is -0.145. The second-order valence-electron chi connectivity index (χ2n) is 12.7. The van der Waals surface area contributed by atoms with Gasteiger partial charge in [0.25, 0.3) is 0 Å². The summed E-state index contributed by atoms with van der Waals surface area (Å²) in [7, 11) is 0. The van der Waals surface area contributed by atoms with E-state index in [-0.39, 0.29) is 12.6 Å². The highest BCUT2D eigenvalue weighted by molar-refractivity contribution is 5.69. The maximum atomic E-state index is 11.2. The highest BCUT2D eigenvalue weighted by Gasteiger charge is 2.37. The minimum atomic E-state index is -0.756. The highest BCUT2D eigenvalue weighted by atomic mass is 16.6. The molecule has 58 heavy (non-hydrogen) atoms. The molecule has 0 heterocycles. The summed E-state index contributed by atoms with van der Waals surface area (Å²) in [6, 6.07) is 31.0. The molecule has 3 rings (SSSR count). The van der Waals surface area contributed by atoms with Crippen LogP contribution in [0.2, 0.25) is 0 Å². The third kappa shape index (κ3) is 22.2. The van der Waals surface area contributed by atoms with Crippen molar-refractivity contribution in [2.24, 2.45) is 0 Å². The second-order valence-corrected chi connectivity index (χ2v) is 12.7. The van der Waals surface area contributed by atoms with E-state index in [9.17, 15) is 4.79 Å². The minimum absolute atomic E-state index is 0.190. The first-order valence-electron chi connectivity index (χ1n) is 20.5. The first-order valence-corrected chi connectivity index (χ1v) is 20.5. The zero-order chi connectivity index (χ0) is 40.9. The molecule has 13 heteroatoms. The zero-order valence-electron chi connectivity index (χ0n) is 34.4. The van der Waals surface area contributed by atoms with Crippen LogP contribution < -0.4 is 0 Å². The molecule has 0 unspecified atom stereocenters. The molecule has 0 spiro atoms. The van der Waals surface area contributed by atoms with Crippen LogP contribution in [0.4, 0.5) is 0 Å². The van der Waals surface area contributed by atoms with Gasteiger partial charge in [0.15, 0.2) is 0 Å². The van der Waals surface area contributed by atoms with Gasteiger partial charge in [-0.2, -0.15) is 0 Å². The third-order valence-corrected chi connectivity index (χ3v) is 8.38. The van der Waals surface area contributed by atoms with Crippen LogP contribution in [-0.2, 0) is 67.2 Å². The van der Waals surface area contributed by atoms with E-state index in [0.717, 1.165) is 23.1 Å². The molecule has 0 saturated carbocycles. The Hall–Kier alpha value is -3.31. The van der Waals surface area contributed by atoms with E-state index in [2.05, 4.69) is 36.4 Å². The molecule has 0 atom stereocenters. The molecule has 0 aliphatic carbocycles. The summed E-state index contributed by atoms with van der Waals surface area (Å²) in [5.74, 6) is -0.190. The Morgan fingerprint density at radius 2 is 0.603 bits per heavy atom. The fraction of sp³-hybridized carbons (Fsp3) is 0.578. The van der Waals surface area contributed by atoms with E-state index in [0.29, 0.717) is 145 Å². The largest absolute Gasteiger partial charge is 0.463 e. The summed E-state index contributed by atoms with van der Waals surface area (Å²) in [6.07, 6.45) is 1.22. The Balaban J connectivity index is 1.03. The Bertz CT molecular complexity index is 1250. The molecule has 0 fully saturated rings. The molecule has 0 amide bonds. The summed E-state index contributed by atoms with van der Waals surface area (Å²) >= 11 is 0. The van der Waals surface area contributed by atoms with Crippen molar-refractivity contribution < 1.29 is 61.6 Å². The molecule has 0 radical (unpaired) electrons. The van der Waals surface area contributed by atoms with Gasteiger partial charge in [-0.25, -0.2) is 0 Å². The van der Waals surface area contributed by atoms with Crippen LogP contribution in [0.1, 0.15) is 36.5 Å². The normalized spacial score (nSPS) is 11.6. The predicted molar refractivity (Wildman–Crippen MR) is 219 cm³/mol. The summed E-state index contributed by atoms with van der Waals surface area (Å²) in [5.41, 5.74) is 2.44. The van der Waals surface area contributed by atoms with Crippen LogP contribution in [0.25, 0.3) is 0 Å². The third-order valence-electron chi connectivity index (χ3n) is 8.38. The Morgan fingerprint density at radius 3 is 0.862 bits per heavy atom. The smallest absolute Gasteiger partial charge is 0.305 e. The lowest BCUT2D eigenvalue weighted by Gasteiger charge is -2.36. The summed E-state index contributed by atoms with van der Waals surface area (Å²) < 4.78 is 67.2. The van der Waals surface area contributed by atoms with E-state index in [1.807, 2.05) is 61.5 Å². The molecule has 0 N–H and O–H groups in total. The maximum Gasteiger partial charge on any atom is 0.305 e. The van der Waals surface area contributed by atoms with Gasteiger partial charge >= 0.3 is 5.97 Å². The summed E-state index contributed by atoms with van der Waals surface area (Å²) in [4.78, 5) is 11.2. The van der Waals surface area contributed by atoms with Gasteiger partial charge in [-0.1, -0.05) is 97.9 Å². The first-order chi connectivity index (χ1) is 28.8. The first kappa shape index (κ1) is 49.1. The number of carbonyl (C=O) groups excluding carboxylic acids is 1. The van der Waals surface area contributed by atoms with E-state index >= 15 is 0 Å². The zero-order valence-corrected chi connectivity index (χ0v) is 34.4. The highest BCUT2D eigenvalue weighted by Crippen LogP contribution is 2.40. The van der Waals surface area contributed by atoms with Crippen LogP contribution in [-0.4, -0.2) is 151 Å². The Labute approximate surface area is 345 Å². The van der Waals surface area contributed by atoms with Crippen molar-refractivity contribution in [3.8, 4) is 0 Å². The van der Waals surface area contributed by atoms with Crippen molar-refractivity contribution in [3.63, 3.8) is 0 Å². The number of hydrogen-bond donors (Lipinski definition) is 0. The van der Waals surface area contributed by atoms with Crippen LogP contribution in [0, 0.1) is 0 Å². The minimum Gasteiger partial charge on any atom is -0.463 e. The molecule has 0 bridgehead atoms. The van der Waals surface area contributed by atoms with Crippen molar-refractivity contribution in [1.29, 1.82) is 0 Å². The SMILES string of the molecule is CCCC(=O)OCCOCCOCCOCCOCCOCCOCCOCCOCCOCCOCCOC(c1ccccc1)(c1ccccc1)c1ccccc1. The van der Waals surface area contributed by atoms with Crippen molar-refractivity contribution in [3.05, 3.63) is 108 Å². The number of carbonyl (C=O) groups is 1. The van der Waals surface area contributed by atoms with E-state index in [4.69, 9.17) is 56.8 Å². The lowest BCUT2D eigenvalue weighted by atomic mass is 9.80. The molecular formula is C45H66O13. The Morgan fingerprint density at radius 1 is 0.362 bits per heavy atom. The number of hydrogen-bond acceptors (Lipinski definition) is 13. The Kier molecular flexibility index (Phi) is 29.2. The van der Waals surface area contributed by atoms with Gasteiger partial charge in [-0.3, -0.25) is 4.79 Å². The van der Waals surface area contributed by atoms with Gasteiger partial charge in [0.2, 0.25) is 0 Å². The number of benzene rings is 3. The fourth-order valence-corrected chi connectivity index (χ4v) is 5.59. The van der Waals surface area contributed by atoms with Crippen molar-refractivity contribution in [1.82, 2.24) is 0 Å². The van der Waals surface area contributed by atoms with Gasteiger partial charge in [-0.05, 0) is 23.1 Å². The quantitative estimate of drug-likeness (QED) is 0.0409. The molecule has 3 aromatic rings. The summed E-state index contributed by atoms with van der Waals surface area (Å²) in [6.45, 7) is 12.1. The van der Waals surface area contributed by atoms with Crippen LogP contribution in [0.3, 0.4) is 0 Å². The molecule has 13 nitrogen and oxygen atoms in total. The number of rotatable bonds is 39. The molecule has 0 aliphatic rings. The van der Waals surface area contributed by atoms with E-state index in [1.165, 1.54) is 0 Å². The molecular weight excluding hydrogens is 748 g/mol. The molecule has 0 aromatic heterocycles. The van der Waals surface area contributed by atoms with Crippen molar-refractivity contribution in [2.45, 2.75) is 25.4 Å². The van der Waals surface area contributed by atoms with Crippen molar-refractivity contribution in [2.75, 3.05) is 145 Å². The van der Waals surface area contributed by atoms with Gasteiger partial charge in [-0.15, -0.1) is 0 Å². The van der Waals surface area contributed by atoms with Gasteiger partial charge < -0.3 is 56.8 Å². The fourth-order valence-electron chi connectivity index (χ4n) is 5.59. The summed E-state index contributed by atoms with van der Waals surface area (Å²) in [5, 5.41) is 0. The maximum absolute atomic E-state index is 11.2. The topological polar surface area (TPSA) is 128 Å². The number of esters is 1. The number of ether oxygens (including phenoxy) is 12. The van der Waals surface area contributed by atoms with Crippen molar-refractivity contribution >= 4 is 5.97 Å².